The lowest BCUT2D eigenvalue weighted by Gasteiger charge is -2.23. The molecule has 7 nitrogen and oxygen atoms in total. The molecule has 1 aliphatic carbocycles. The van der Waals surface area contributed by atoms with Crippen LogP contribution < -0.4 is 4.74 Å². The molecule has 4 rings (SSSR count). The molecule has 158 valence electrons. The van der Waals surface area contributed by atoms with Crippen LogP contribution >= 0.6 is 0 Å². The molecule has 1 aromatic heterocycles. The Kier molecular flexibility index (Phi) is 6.40. The molecule has 0 spiro atoms. The van der Waals surface area contributed by atoms with E-state index in [2.05, 4.69) is 54.6 Å². The number of nitrogens with zero attached hydrogens (tertiary/aromatic N) is 2. The van der Waals surface area contributed by atoms with Gasteiger partial charge in [-0.2, -0.15) is 0 Å². The van der Waals surface area contributed by atoms with Gasteiger partial charge in [-0.15, -0.1) is 0 Å². The highest BCUT2D eigenvalue weighted by Crippen LogP contribution is 2.38. The Morgan fingerprint density at radius 3 is 2.40 bits per heavy atom. The third-order valence-corrected chi connectivity index (χ3v) is 4.95. The second-order valence-corrected chi connectivity index (χ2v) is 7.52. The average molecular weight is 410 g/mol. The molecule has 0 fully saturated rings. The molecule has 0 amide bonds. The van der Waals surface area contributed by atoms with Gasteiger partial charge < -0.3 is 19.5 Å². The van der Waals surface area contributed by atoms with E-state index in [0.717, 1.165) is 31.7 Å². The van der Waals surface area contributed by atoms with E-state index in [9.17, 15) is 9.59 Å². The van der Waals surface area contributed by atoms with Crippen molar-refractivity contribution in [2.75, 3.05) is 6.54 Å². The highest BCUT2D eigenvalue weighted by Gasteiger charge is 2.25. The SMILES string of the molecule is CC1=NCCn2c1cc1c2-c2ccc(OC(C)C)cc2CC1.O=C(O)/C=C/C(=O)O. The minimum Gasteiger partial charge on any atom is -0.491 e. The van der Waals surface area contributed by atoms with Gasteiger partial charge in [0.05, 0.1) is 29.7 Å². The first-order valence-electron chi connectivity index (χ1n) is 9.94. The van der Waals surface area contributed by atoms with Gasteiger partial charge in [-0.3, -0.25) is 4.99 Å². The fourth-order valence-electron chi connectivity index (χ4n) is 3.81. The maximum atomic E-state index is 9.55. The fraction of sp³-hybridized carbons (Fsp3) is 0.348. The van der Waals surface area contributed by atoms with Crippen molar-refractivity contribution >= 4 is 17.7 Å². The smallest absolute Gasteiger partial charge is 0.328 e. The molecule has 2 aromatic rings. The van der Waals surface area contributed by atoms with Crippen molar-refractivity contribution in [1.29, 1.82) is 0 Å². The lowest BCUT2D eigenvalue weighted by Crippen LogP contribution is -2.17. The summed E-state index contributed by atoms with van der Waals surface area (Å²) in [6, 6.07) is 8.91. The Hall–Kier alpha value is -3.35. The number of carbonyl (C=O) groups is 2. The van der Waals surface area contributed by atoms with Crippen LogP contribution in [-0.2, 0) is 29.0 Å². The normalized spacial score (nSPS) is 14.2. The van der Waals surface area contributed by atoms with E-state index in [1.54, 1.807) is 0 Å². The van der Waals surface area contributed by atoms with Gasteiger partial charge in [0.15, 0.2) is 0 Å². The Labute approximate surface area is 175 Å². The zero-order chi connectivity index (χ0) is 21.8. The van der Waals surface area contributed by atoms with Gasteiger partial charge in [0.25, 0.3) is 0 Å². The third kappa shape index (κ3) is 4.79. The van der Waals surface area contributed by atoms with Crippen molar-refractivity contribution in [3.8, 4) is 17.0 Å². The molecule has 30 heavy (non-hydrogen) atoms. The molecule has 0 saturated carbocycles. The summed E-state index contributed by atoms with van der Waals surface area (Å²) in [5.41, 5.74) is 8.12. The number of aromatic nitrogens is 1. The maximum Gasteiger partial charge on any atom is 0.328 e. The predicted molar refractivity (Wildman–Crippen MR) is 115 cm³/mol. The molecular weight excluding hydrogens is 384 g/mol. The summed E-state index contributed by atoms with van der Waals surface area (Å²) in [6.07, 6.45) is 3.54. The van der Waals surface area contributed by atoms with Crippen LogP contribution in [0.25, 0.3) is 11.3 Å². The van der Waals surface area contributed by atoms with E-state index in [1.165, 1.54) is 33.8 Å². The first-order valence-corrected chi connectivity index (χ1v) is 9.94. The number of benzene rings is 1. The second-order valence-electron chi connectivity index (χ2n) is 7.52. The van der Waals surface area contributed by atoms with Gasteiger partial charge in [0.2, 0.25) is 0 Å². The zero-order valence-electron chi connectivity index (χ0n) is 17.4. The number of rotatable bonds is 4. The summed E-state index contributed by atoms with van der Waals surface area (Å²) in [6.45, 7) is 8.15. The summed E-state index contributed by atoms with van der Waals surface area (Å²) >= 11 is 0. The molecule has 1 aliphatic heterocycles. The predicted octanol–water partition coefficient (Wildman–Crippen LogP) is 3.58. The molecule has 0 unspecified atom stereocenters. The number of aliphatic imine (C=N–C) groups is 1. The standard InChI is InChI=1S/C19H22N2O.C4H4O4/c1-12(2)22-16-6-7-17-14(10-16)4-5-15-11-18-13(3)20-8-9-21(18)19(15)17;5-3(6)1-2-4(7)8/h6-7,10-12H,4-5,8-9H2,1-3H3;1-2H,(H,5,6)(H,7,8)/b;2-1+. The first kappa shape index (κ1) is 21.4. The highest BCUT2D eigenvalue weighted by molar-refractivity contribution is 5.99. The maximum absolute atomic E-state index is 9.55. The molecule has 0 atom stereocenters. The molecule has 0 radical (unpaired) electrons. The number of aryl methyl sites for hydroxylation is 2. The average Bonchev–Trinajstić information content (AvgIpc) is 3.07. The molecular formula is C23H26N2O5. The molecule has 1 aromatic carbocycles. The molecule has 7 heteroatoms. The number of fused-ring (bicyclic) bond motifs is 5. The second kappa shape index (κ2) is 8.98. The lowest BCUT2D eigenvalue weighted by molar-refractivity contribution is -0.134. The molecule has 2 aliphatic rings. The fourth-order valence-corrected chi connectivity index (χ4v) is 3.81. The largest absolute Gasteiger partial charge is 0.491 e. The van der Waals surface area contributed by atoms with E-state index in [1.807, 2.05) is 0 Å². The van der Waals surface area contributed by atoms with Crippen molar-refractivity contribution in [2.24, 2.45) is 4.99 Å². The number of carboxylic acids is 2. The van der Waals surface area contributed by atoms with Crippen LogP contribution in [0, 0.1) is 0 Å². The number of carboxylic acid groups (broad SMARTS) is 2. The van der Waals surface area contributed by atoms with Crippen molar-refractivity contribution in [1.82, 2.24) is 4.57 Å². The number of hydrogen-bond donors (Lipinski definition) is 2. The van der Waals surface area contributed by atoms with Crippen LogP contribution in [0.5, 0.6) is 5.75 Å². The van der Waals surface area contributed by atoms with Crippen molar-refractivity contribution in [3.05, 3.63) is 53.2 Å². The molecule has 2 N–H and O–H groups in total. The lowest BCUT2D eigenvalue weighted by atomic mass is 9.90. The number of aliphatic carboxylic acids is 2. The first-order chi connectivity index (χ1) is 14.3. The minimum atomic E-state index is -1.26. The van der Waals surface area contributed by atoms with E-state index in [-0.39, 0.29) is 6.10 Å². The molecule has 0 saturated heterocycles. The van der Waals surface area contributed by atoms with Crippen LogP contribution in [0.15, 0.2) is 41.4 Å². The number of ether oxygens (including phenoxy) is 1. The zero-order valence-corrected chi connectivity index (χ0v) is 17.4. The van der Waals surface area contributed by atoms with E-state index in [0.29, 0.717) is 12.2 Å². The summed E-state index contributed by atoms with van der Waals surface area (Å²) in [5.74, 6) is -1.53. The van der Waals surface area contributed by atoms with Crippen LogP contribution in [0.2, 0.25) is 0 Å². The quantitative estimate of drug-likeness (QED) is 0.751. The summed E-state index contributed by atoms with van der Waals surface area (Å²) < 4.78 is 8.31. The Bertz CT molecular complexity index is 1010. The van der Waals surface area contributed by atoms with Gasteiger partial charge in [0.1, 0.15) is 5.75 Å². The van der Waals surface area contributed by atoms with Crippen molar-refractivity contribution < 1.29 is 24.5 Å². The highest BCUT2D eigenvalue weighted by atomic mass is 16.5. The summed E-state index contributed by atoms with van der Waals surface area (Å²) in [4.78, 5) is 23.7. The third-order valence-electron chi connectivity index (χ3n) is 4.95. The molecule has 0 bridgehead atoms. The Balaban J connectivity index is 0.000000275. The van der Waals surface area contributed by atoms with Gasteiger partial charge in [-0.25, -0.2) is 9.59 Å². The van der Waals surface area contributed by atoms with Crippen molar-refractivity contribution in [3.63, 3.8) is 0 Å². The van der Waals surface area contributed by atoms with Crippen LogP contribution in [0.1, 0.15) is 37.6 Å². The van der Waals surface area contributed by atoms with E-state index in [4.69, 9.17) is 14.9 Å². The Morgan fingerprint density at radius 1 is 1.10 bits per heavy atom. The summed E-state index contributed by atoms with van der Waals surface area (Å²) in [7, 11) is 0. The van der Waals surface area contributed by atoms with Gasteiger partial charge in [0, 0.05) is 24.3 Å². The van der Waals surface area contributed by atoms with Crippen LogP contribution in [-0.4, -0.2) is 45.1 Å². The van der Waals surface area contributed by atoms with Crippen molar-refractivity contribution in [2.45, 2.75) is 46.3 Å². The van der Waals surface area contributed by atoms with Gasteiger partial charge >= 0.3 is 11.9 Å². The van der Waals surface area contributed by atoms with E-state index >= 15 is 0 Å². The van der Waals surface area contributed by atoms with Crippen LogP contribution in [0.4, 0.5) is 0 Å². The van der Waals surface area contributed by atoms with Gasteiger partial charge in [-0.1, -0.05) is 0 Å². The Morgan fingerprint density at radius 2 is 1.77 bits per heavy atom. The molecule has 2 heterocycles. The number of hydrogen-bond acceptors (Lipinski definition) is 4. The van der Waals surface area contributed by atoms with Crippen LogP contribution in [0.3, 0.4) is 0 Å². The van der Waals surface area contributed by atoms with E-state index < -0.39 is 11.9 Å². The minimum absolute atomic E-state index is 0.220. The topological polar surface area (TPSA) is 101 Å². The monoisotopic (exact) mass is 410 g/mol. The van der Waals surface area contributed by atoms with Gasteiger partial charge in [-0.05, 0) is 69.0 Å². The summed E-state index contributed by atoms with van der Waals surface area (Å²) in [5, 5.41) is 15.6.